The van der Waals surface area contributed by atoms with E-state index in [9.17, 15) is 8.78 Å². The van der Waals surface area contributed by atoms with E-state index in [2.05, 4.69) is 36.8 Å². The molecule has 0 fully saturated rings. The molecule has 1 aromatic heterocycles. The summed E-state index contributed by atoms with van der Waals surface area (Å²) in [5, 5.41) is 0. The fourth-order valence-electron chi connectivity index (χ4n) is 1.16. The second-order valence-electron chi connectivity index (χ2n) is 3.07. The standard InChI is InChI=1S/C11H5Br2F2NS/c12-10-7(14)9(8(15)11(13)16-10)17-6-4-2-1-3-5-6/h1-5H. The maximum atomic E-state index is 13.7. The average Bonchev–Trinajstić information content (AvgIpc) is 2.33. The number of nitrogens with zero attached hydrogens (tertiary/aromatic N) is 1. The minimum atomic E-state index is -0.695. The summed E-state index contributed by atoms with van der Waals surface area (Å²) in [5.74, 6) is -1.39. The highest BCUT2D eigenvalue weighted by Gasteiger charge is 2.18. The number of aromatic nitrogens is 1. The van der Waals surface area contributed by atoms with Gasteiger partial charge in [0.05, 0.1) is 4.90 Å². The predicted molar refractivity (Wildman–Crippen MR) is 70.1 cm³/mol. The molecule has 1 heterocycles. The van der Waals surface area contributed by atoms with E-state index in [1.165, 1.54) is 0 Å². The monoisotopic (exact) mass is 379 g/mol. The molecule has 0 spiro atoms. The molecule has 1 aromatic carbocycles. The zero-order chi connectivity index (χ0) is 12.4. The van der Waals surface area contributed by atoms with Gasteiger partial charge in [-0.05, 0) is 44.0 Å². The third kappa shape index (κ3) is 2.86. The van der Waals surface area contributed by atoms with Crippen molar-refractivity contribution in [3.8, 4) is 0 Å². The van der Waals surface area contributed by atoms with Crippen molar-refractivity contribution in [3.63, 3.8) is 0 Å². The maximum absolute atomic E-state index is 13.7. The van der Waals surface area contributed by atoms with Crippen LogP contribution in [0.5, 0.6) is 0 Å². The van der Waals surface area contributed by atoms with Gasteiger partial charge in [-0.15, -0.1) is 0 Å². The number of pyridine rings is 1. The van der Waals surface area contributed by atoms with E-state index >= 15 is 0 Å². The zero-order valence-electron chi connectivity index (χ0n) is 8.25. The predicted octanol–water partition coefficient (Wildman–Crippen LogP) is 5.04. The van der Waals surface area contributed by atoms with Crippen LogP contribution < -0.4 is 0 Å². The number of rotatable bonds is 2. The fraction of sp³-hybridized carbons (Fsp3) is 0. The fourth-order valence-corrected chi connectivity index (χ4v) is 3.32. The molecule has 0 aliphatic heterocycles. The maximum Gasteiger partial charge on any atom is 0.172 e. The molecular weight excluding hydrogens is 376 g/mol. The third-order valence-corrected chi connectivity index (χ3v) is 4.04. The first-order valence-corrected chi connectivity index (χ1v) is 6.92. The summed E-state index contributed by atoms with van der Waals surface area (Å²) in [6.07, 6.45) is 0. The van der Waals surface area contributed by atoms with Crippen molar-refractivity contribution >= 4 is 43.6 Å². The van der Waals surface area contributed by atoms with Crippen LogP contribution in [0.4, 0.5) is 8.78 Å². The molecule has 0 N–H and O–H groups in total. The normalized spacial score (nSPS) is 10.6. The molecule has 17 heavy (non-hydrogen) atoms. The first-order valence-electron chi connectivity index (χ1n) is 4.52. The van der Waals surface area contributed by atoms with E-state index in [-0.39, 0.29) is 14.1 Å². The number of hydrogen-bond donors (Lipinski definition) is 0. The van der Waals surface area contributed by atoms with Crippen molar-refractivity contribution in [2.45, 2.75) is 9.79 Å². The van der Waals surface area contributed by atoms with Crippen LogP contribution >= 0.6 is 43.6 Å². The van der Waals surface area contributed by atoms with Crippen LogP contribution in [0.25, 0.3) is 0 Å². The molecular formula is C11H5Br2F2NS. The van der Waals surface area contributed by atoms with Crippen LogP contribution in [0, 0.1) is 11.6 Å². The van der Waals surface area contributed by atoms with Crippen LogP contribution in [0.1, 0.15) is 0 Å². The van der Waals surface area contributed by atoms with E-state index in [1.54, 1.807) is 12.1 Å². The Bertz CT molecular complexity index is 523. The summed E-state index contributed by atoms with van der Waals surface area (Å²) in [5.41, 5.74) is 0. The van der Waals surface area contributed by atoms with Gasteiger partial charge in [0, 0.05) is 4.90 Å². The Morgan fingerprint density at radius 3 is 2.00 bits per heavy atom. The van der Waals surface area contributed by atoms with E-state index in [0.29, 0.717) is 0 Å². The first kappa shape index (κ1) is 13.0. The van der Waals surface area contributed by atoms with Gasteiger partial charge in [-0.2, -0.15) is 0 Å². The molecule has 0 atom stereocenters. The zero-order valence-corrected chi connectivity index (χ0v) is 12.2. The highest BCUT2D eigenvalue weighted by atomic mass is 79.9. The lowest BCUT2D eigenvalue weighted by atomic mass is 10.4. The summed E-state index contributed by atoms with van der Waals surface area (Å²) in [7, 11) is 0. The van der Waals surface area contributed by atoms with E-state index in [0.717, 1.165) is 16.7 Å². The SMILES string of the molecule is Fc1c(Br)nc(Br)c(F)c1Sc1ccccc1. The van der Waals surface area contributed by atoms with Crippen LogP contribution in [0.15, 0.2) is 49.3 Å². The quantitative estimate of drug-likeness (QED) is 0.677. The Balaban J connectivity index is 2.46. The molecule has 0 aliphatic rings. The molecule has 2 aromatic rings. The Kier molecular flexibility index (Phi) is 4.17. The van der Waals surface area contributed by atoms with Gasteiger partial charge >= 0.3 is 0 Å². The van der Waals surface area contributed by atoms with Crippen LogP contribution in [0.3, 0.4) is 0 Å². The molecule has 0 amide bonds. The summed E-state index contributed by atoms with van der Waals surface area (Å²) in [4.78, 5) is 4.33. The van der Waals surface area contributed by atoms with Crippen molar-refractivity contribution < 1.29 is 8.78 Å². The second kappa shape index (κ2) is 5.46. The van der Waals surface area contributed by atoms with E-state index < -0.39 is 11.6 Å². The first-order chi connectivity index (χ1) is 8.09. The van der Waals surface area contributed by atoms with Gasteiger partial charge in [0.25, 0.3) is 0 Å². The molecule has 0 radical (unpaired) electrons. The van der Waals surface area contributed by atoms with Gasteiger partial charge in [-0.3, -0.25) is 0 Å². The van der Waals surface area contributed by atoms with Crippen molar-refractivity contribution in [3.05, 3.63) is 51.2 Å². The minimum absolute atomic E-state index is 0.00999. The second-order valence-corrected chi connectivity index (χ2v) is 5.65. The molecule has 0 saturated heterocycles. The highest BCUT2D eigenvalue weighted by molar-refractivity contribution is 9.11. The summed E-state index contributed by atoms with van der Waals surface area (Å²) in [6, 6.07) is 9.03. The van der Waals surface area contributed by atoms with Gasteiger partial charge in [-0.25, -0.2) is 13.8 Å². The largest absolute Gasteiger partial charge is 0.228 e. The van der Waals surface area contributed by atoms with Crippen LogP contribution in [-0.2, 0) is 0 Å². The molecule has 2 rings (SSSR count). The number of benzene rings is 1. The Morgan fingerprint density at radius 1 is 0.941 bits per heavy atom. The molecule has 1 nitrogen and oxygen atoms in total. The highest BCUT2D eigenvalue weighted by Crippen LogP contribution is 2.36. The lowest BCUT2D eigenvalue weighted by Crippen LogP contribution is -1.95. The van der Waals surface area contributed by atoms with Gasteiger partial charge in [0.2, 0.25) is 0 Å². The molecule has 0 bridgehead atoms. The molecule has 0 saturated carbocycles. The smallest absolute Gasteiger partial charge is 0.172 e. The number of hydrogen-bond acceptors (Lipinski definition) is 2. The van der Waals surface area contributed by atoms with Gasteiger partial charge < -0.3 is 0 Å². The Morgan fingerprint density at radius 2 is 1.47 bits per heavy atom. The third-order valence-electron chi connectivity index (χ3n) is 1.92. The molecule has 0 aliphatic carbocycles. The summed E-state index contributed by atoms with van der Waals surface area (Å²) < 4.78 is 27.5. The van der Waals surface area contributed by atoms with Crippen LogP contribution in [0.2, 0.25) is 0 Å². The van der Waals surface area contributed by atoms with Crippen LogP contribution in [-0.4, -0.2) is 4.98 Å². The van der Waals surface area contributed by atoms with E-state index in [4.69, 9.17) is 0 Å². The topological polar surface area (TPSA) is 12.9 Å². The van der Waals surface area contributed by atoms with Crippen molar-refractivity contribution in [2.75, 3.05) is 0 Å². The van der Waals surface area contributed by atoms with Gasteiger partial charge in [0.1, 0.15) is 9.21 Å². The van der Waals surface area contributed by atoms with Gasteiger partial charge in [0.15, 0.2) is 11.6 Å². The van der Waals surface area contributed by atoms with E-state index in [1.807, 2.05) is 18.2 Å². The molecule has 88 valence electrons. The molecule has 6 heteroatoms. The summed E-state index contributed by atoms with van der Waals surface area (Å²) >= 11 is 6.92. The Labute approximate surface area is 118 Å². The minimum Gasteiger partial charge on any atom is -0.228 e. The van der Waals surface area contributed by atoms with Crippen molar-refractivity contribution in [2.24, 2.45) is 0 Å². The number of halogens is 4. The summed E-state index contributed by atoms with van der Waals surface area (Å²) in [6.45, 7) is 0. The Hall–Kier alpha value is -0.460. The average molecular weight is 381 g/mol. The lowest BCUT2D eigenvalue weighted by Gasteiger charge is -2.07. The van der Waals surface area contributed by atoms with Gasteiger partial charge in [-0.1, -0.05) is 30.0 Å². The van der Waals surface area contributed by atoms with Crippen molar-refractivity contribution in [1.29, 1.82) is 0 Å². The van der Waals surface area contributed by atoms with Crippen molar-refractivity contribution in [1.82, 2.24) is 4.98 Å². The lowest BCUT2D eigenvalue weighted by molar-refractivity contribution is 0.518. The molecule has 0 unspecified atom stereocenters.